The first-order valence-corrected chi connectivity index (χ1v) is 7.50. The molecule has 0 saturated carbocycles. The topological polar surface area (TPSA) is 53.0 Å². The number of para-hydroxylation sites is 1. The Morgan fingerprint density at radius 1 is 1.19 bits per heavy atom. The second-order valence-electron chi connectivity index (χ2n) is 5.48. The van der Waals surface area contributed by atoms with Gasteiger partial charge in [0.05, 0.1) is 6.54 Å². The summed E-state index contributed by atoms with van der Waals surface area (Å²) < 4.78 is 5.82. The third kappa shape index (κ3) is 5.36. The van der Waals surface area contributed by atoms with Gasteiger partial charge >= 0.3 is 5.97 Å². The summed E-state index contributed by atoms with van der Waals surface area (Å²) in [5, 5.41) is 8.84. The molecule has 1 fully saturated rings. The second-order valence-corrected chi connectivity index (χ2v) is 5.48. The van der Waals surface area contributed by atoms with E-state index >= 15 is 0 Å². The molecular formula is C16H24N2O3. The Morgan fingerprint density at radius 2 is 1.90 bits per heavy atom. The lowest BCUT2D eigenvalue weighted by Crippen LogP contribution is -2.35. The third-order valence-corrected chi connectivity index (χ3v) is 3.80. The summed E-state index contributed by atoms with van der Waals surface area (Å²) in [6.07, 6.45) is 1.01. The molecule has 21 heavy (non-hydrogen) atoms. The minimum atomic E-state index is -0.744. The van der Waals surface area contributed by atoms with E-state index in [1.807, 2.05) is 36.1 Å². The molecule has 1 aromatic carbocycles. The van der Waals surface area contributed by atoms with Gasteiger partial charge in [0.15, 0.2) is 0 Å². The summed E-state index contributed by atoms with van der Waals surface area (Å²) in [6.45, 7) is 7.34. The van der Waals surface area contributed by atoms with Crippen LogP contribution in [-0.4, -0.2) is 66.8 Å². The van der Waals surface area contributed by atoms with Gasteiger partial charge in [0, 0.05) is 26.2 Å². The molecule has 1 aliphatic rings. The molecule has 0 radical (unpaired) electrons. The van der Waals surface area contributed by atoms with Crippen LogP contribution in [0, 0.1) is 6.92 Å². The molecule has 2 rings (SSSR count). The van der Waals surface area contributed by atoms with Gasteiger partial charge < -0.3 is 9.84 Å². The number of carboxylic acid groups (broad SMARTS) is 1. The molecule has 5 nitrogen and oxygen atoms in total. The van der Waals surface area contributed by atoms with Gasteiger partial charge in [-0.3, -0.25) is 14.6 Å². The highest BCUT2D eigenvalue weighted by Gasteiger charge is 2.16. The van der Waals surface area contributed by atoms with E-state index in [1.165, 1.54) is 0 Å². The molecule has 0 amide bonds. The van der Waals surface area contributed by atoms with Gasteiger partial charge in [0.25, 0.3) is 0 Å². The Morgan fingerprint density at radius 3 is 2.67 bits per heavy atom. The fourth-order valence-electron chi connectivity index (χ4n) is 2.60. The third-order valence-electron chi connectivity index (χ3n) is 3.80. The first kappa shape index (κ1) is 15.8. The first-order chi connectivity index (χ1) is 10.1. The Hall–Kier alpha value is -1.59. The van der Waals surface area contributed by atoms with Gasteiger partial charge in [0.2, 0.25) is 0 Å². The van der Waals surface area contributed by atoms with Crippen LogP contribution in [0.25, 0.3) is 0 Å². The van der Waals surface area contributed by atoms with Gasteiger partial charge in [-0.05, 0) is 31.5 Å². The molecule has 0 atom stereocenters. The zero-order valence-electron chi connectivity index (χ0n) is 12.6. The van der Waals surface area contributed by atoms with Crippen molar-refractivity contribution in [1.82, 2.24) is 9.80 Å². The fraction of sp³-hybridized carbons (Fsp3) is 0.562. The number of carbonyl (C=O) groups is 1. The molecule has 1 heterocycles. The van der Waals surface area contributed by atoms with E-state index in [0.717, 1.165) is 50.5 Å². The fourth-order valence-corrected chi connectivity index (χ4v) is 2.60. The highest BCUT2D eigenvalue weighted by atomic mass is 16.5. The average molecular weight is 292 g/mol. The standard InChI is InChI=1S/C16H24N2O3/c1-14-5-2-3-6-15(14)21-12-11-17-7-4-8-18(10-9-17)13-16(19)20/h2-3,5-6H,4,7-13H2,1H3,(H,19,20). The minimum absolute atomic E-state index is 0.146. The first-order valence-electron chi connectivity index (χ1n) is 7.50. The van der Waals surface area contributed by atoms with E-state index in [2.05, 4.69) is 4.90 Å². The normalized spacial score (nSPS) is 17.4. The molecule has 0 aromatic heterocycles. The molecule has 116 valence electrons. The summed E-state index contributed by atoms with van der Waals surface area (Å²) in [5.74, 6) is 0.200. The Bertz CT molecular complexity index is 465. The Balaban J connectivity index is 1.72. The van der Waals surface area contributed by atoms with Crippen LogP contribution in [0.3, 0.4) is 0 Å². The molecule has 1 aliphatic heterocycles. The molecule has 5 heteroatoms. The smallest absolute Gasteiger partial charge is 0.317 e. The maximum atomic E-state index is 10.7. The van der Waals surface area contributed by atoms with Crippen molar-refractivity contribution < 1.29 is 14.6 Å². The van der Waals surface area contributed by atoms with E-state index in [4.69, 9.17) is 9.84 Å². The van der Waals surface area contributed by atoms with Crippen molar-refractivity contribution in [3.63, 3.8) is 0 Å². The number of ether oxygens (including phenoxy) is 1. The largest absolute Gasteiger partial charge is 0.492 e. The van der Waals surface area contributed by atoms with Gasteiger partial charge in [-0.2, -0.15) is 0 Å². The summed E-state index contributed by atoms with van der Waals surface area (Å²) >= 11 is 0. The molecule has 0 bridgehead atoms. The van der Waals surface area contributed by atoms with Crippen molar-refractivity contribution in [3.8, 4) is 5.75 Å². The monoisotopic (exact) mass is 292 g/mol. The van der Waals surface area contributed by atoms with Crippen molar-refractivity contribution in [2.24, 2.45) is 0 Å². The van der Waals surface area contributed by atoms with Crippen LogP contribution in [0.1, 0.15) is 12.0 Å². The SMILES string of the molecule is Cc1ccccc1OCCN1CCCN(CC(=O)O)CC1. The van der Waals surface area contributed by atoms with Gasteiger partial charge in [-0.25, -0.2) is 0 Å². The van der Waals surface area contributed by atoms with Crippen molar-refractivity contribution in [3.05, 3.63) is 29.8 Å². The lowest BCUT2D eigenvalue weighted by molar-refractivity contribution is -0.138. The van der Waals surface area contributed by atoms with Crippen LogP contribution in [-0.2, 0) is 4.79 Å². The molecule has 0 spiro atoms. The van der Waals surface area contributed by atoms with Crippen LogP contribution in [0.5, 0.6) is 5.75 Å². The summed E-state index contributed by atoms with van der Waals surface area (Å²) in [4.78, 5) is 15.1. The quantitative estimate of drug-likeness (QED) is 0.860. The molecule has 1 saturated heterocycles. The highest BCUT2D eigenvalue weighted by molar-refractivity contribution is 5.69. The van der Waals surface area contributed by atoms with Gasteiger partial charge in [0.1, 0.15) is 12.4 Å². The van der Waals surface area contributed by atoms with Crippen LogP contribution in [0.2, 0.25) is 0 Å². The predicted octanol–water partition coefficient (Wildman–Crippen LogP) is 1.47. The second kappa shape index (κ2) is 8.00. The molecule has 0 aliphatic carbocycles. The number of aryl methyl sites for hydroxylation is 1. The highest BCUT2D eigenvalue weighted by Crippen LogP contribution is 2.16. The molecule has 0 unspecified atom stereocenters. The molecule has 1 aromatic rings. The number of nitrogens with zero attached hydrogens (tertiary/aromatic N) is 2. The summed E-state index contributed by atoms with van der Waals surface area (Å²) in [7, 11) is 0. The van der Waals surface area contributed by atoms with E-state index in [1.54, 1.807) is 0 Å². The van der Waals surface area contributed by atoms with Crippen molar-refractivity contribution in [1.29, 1.82) is 0 Å². The predicted molar refractivity (Wildman–Crippen MR) is 81.8 cm³/mol. The Kier molecular flexibility index (Phi) is 6.02. The maximum absolute atomic E-state index is 10.7. The number of hydrogen-bond donors (Lipinski definition) is 1. The van der Waals surface area contributed by atoms with Crippen molar-refractivity contribution >= 4 is 5.97 Å². The van der Waals surface area contributed by atoms with E-state index in [0.29, 0.717) is 6.61 Å². The van der Waals surface area contributed by atoms with Crippen molar-refractivity contribution in [2.75, 3.05) is 45.9 Å². The van der Waals surface area contributed by atoms with E-state index < -0.39 is 5.97 Å². The maximum Gasteiger partial charge on any atom is 0.317 e. The Labute approximate surface area is 126 Å². The number of aliphatic carboxylic acids is 1. The van der Waals surface area contributed by atoms with Crippen LogP contribution in [0.15, 0.2) is 24.3 Å². The van der Waals surface area contributed by atoms with Crippen LogP contribution >= 0.6 is 0 Å². The number of hydrogen-bond acceptors (Lipinski definition) is 4. The molecular weight excluding hydrogens is 268 g/mol. The van der Waals surface area contributed by atoms with E-state index in [9.17, 15) is 4.79 Å². The number of carboxylic acids is 1. The van der Waals surface area contributed by atoms with Crippen LogP contribution < -0.4 is 4.74 Å². The lowest BCUT2D eigenvalue weighted by Gasteiger charge is -2.21. The van der Waals surface area contributed by atoms with Crippen LogP contribution in [0.4, 0.5) is 0 Å². The summed E-state index contributed by atoms with van der Waals surface area (Å²) in [6, 6.07) is 8.03. The van der Waals surface area contributed by atoms with E-state index in [-0.39, 0.29) is 6.54 Å². The minimum Gasteiger partial charge on any atom is -0.492 e. The van der Waals surface area contributed by atoms with Gasteiger partial charge in [-0.1, -0.05) is 18.2 Å². The zero-order chi connectivity index (χ0) is 15.1. The van der Waals surface area contributed by atoms with Gasteiger partial charge in [-0.15, -0.1) is 0 Å². The number of benzene rings is 1. The zero-order valence-corrected chi connectivity index (χ0v) is 12.6. The lowest BCUT2D eigenvalue weighted by atomic mass is 10.2. The number of rotatable bonds is 6. The molecule has 1 N–H and O–H groups in total. The summed E-state index contributed by atoms with van der Waals surface area (Å²) in [5.41, 5.74) is 1.15. The average Bonchev–Trinajstić information content (AvgIpc) is 2.66. The van der Waals surface area contributed by atoms with Crippen molar-refractivity contribution in [2.45, 2.75) is 13.3 Å².